The van der Waals surface area contributed by atoms with E-state index in [0.717, 1.165) is 36.6 Å². The highest BCUT2D eigenvalue weighted by Crippen LogP contribution is 2.36. The summed E-state index contributed by atoms with van der Waals surface area (Å²) in [4.78, 5) is 33.3. The van der Waals surface area contributed by atoms with E-state index in [2.05, 4.69) is 39.5 Å². The van der Waals surface area contributed by atoms with Crippen molar-refractivity contribution in [2.45, 2.75) is 32.6 Å². The lowest BCUT2D eigenvalue weighted by Gasteiger charge is -2.18. The SMILES string of the molecule is CCNC(=O)c1cc(-c2nn(-c3ccccc3)c(CC(=O)C[C@@H]3CN(CCOC)C[C@H]3c3ccccc3)c2C)cnc1OCF. The predicted molar refractivity (Wildman–Crippen MR) is 170 cm³/mol. The molecule has 9 nitrogen and oxygen atoms in total. The minimum Gasteiger partial charge on any atom is -0.445 e. The average molecular weight is 614 g/mol. The lowest BCUT2D eigenvalue weighted by atomic mass is 9.85. The second-order valence-electron chi connectivity index (χ2n) is 11.3. The number of aromatic nitrogens is 3. The summed E-state index contributed by atoms with van der Waals surface area (Å²) in [5, 5.41) is 7.65. The molecule has 3 heterocycles. The summed E-state index contributed by atoms with van der Waals surface area (Å²) in [5.41, 5.74) is 4.91. The van der Waals surface area contributed by atoms with E-state index in [0.29, 0.717) is 30.8 Å². The molecule has 1 aliphatic heterocycles. The van der Waals surface area contributed by atoms with E-state index in [9.17, 15) is 14.0 Å². The smallest absolute Gasteiger partial charge is 0.256 e. The average Bonchev–Trinajstić information content (AvgIpc) is 3.61. The number of hydrogen-bond acceptors (Lipinski definition) is 7. The fourth-order valence-electron chi connectivity index (χ4n) is 6.16. The Morgan fingerprint density at radius 1 is 1.07 bits per heavy atom. The molecular formula is C35H40FN5O4. The van der Waals surface area contributed by atoms with Crippen molar-refractivity contribution < 1.29 is 23.5 Å². The van der Waals surface area contributed by atoms with Crippen molar-refractivity contribution in [1.29, 1.82) is 0 Å². The minimum absolute atomic E-state index is 0.0909. The number of methoxy groups -OCH3 is 1. The summed E-state index contributed by atoms with van der Waals surface area (Å²) in [6.45, 7) is 6.21. The highest BCUT2D eigenvalue weighted by molar-refractivity contribution is 5.97. The molecule has 0 unspecified atom stereocenters. The summed E-state index contributed by atoms with van der Waals surface area (Å²) in [5.74, 6) is 0.0545. The van der Waals surface area contributed by atoms with Gasteiger partial charge in [-0.2, -0.15) is 5.10 Å². The van der Waals surface area contributed by atoms with Gasteiger partial charge in [0.2, 0.25) is 12.7 Å². The zero-order valence-electron chi connectivity index (χ0n) is 26.0. The van der Waals surface area contributed by atoms with Gasteiger partial charge in [-0.25, -0.2) is 14.1 Å². The van der Waals surface area contributed by atoms with Crippen molar-refractivity contribution in [2.24, 2.45) is 5.92 Å². The van der Waals surface area contributed by atoms with Crippen LogP contribution in [0.2, 0.25) is 0 Å². The number of benzene rings is 2. The van der Waals surface area contributed by atoms with Crippen molar-refractivity contribution in [3.05, 3.63) is 95.3 Å². The number of ether oxygens (including phenoxy) is 2. The Hall–Kier alpha value is -4.41. The van der Waals surface area contributed by atoms with Gasteiger partial charge in [-0.05, 0) is 49.1 Å². The number of nitrogens with one attached hydrogen (secondary N) is 1. The first kappa shape index (κ1) is 32.0. The molecule has 0 spiro atoms. The van der Waals surface area contributed by atoms with Crippen LogP contribution in [0.15, 0.2) is 72.9 Å². The highest BCUT2D eigenvalue weighted by Gasteiger charge is 2.35. The molecule has 1 fully saturated rings. The first-order chi connectivity index (χ1) is 21.9. The summed E-state index contributed by atoms with van der Waals surface area (Å²) in [6.07, 6.45) is 2.15. The molecule has 5 rings (SSSR count). The highest BCUT2D eigenvalue weighted by atomic mass is 19.1. The molecule has 0 radical (unpaired) electrons. The van der Waals surface area contributed by atoms with Crippen molar-refractivity contribution in [1.82, 2.24) is 25.0 Å². The lowest BCUT2D eigenvalue weighted by Crippen LogP contribution is -2.25. The first-order valence-corrected chi connectivity index (χ1v) is 15.3. The number of carbonyl (C=O) groups is 2. The molecule has 1 N–H and O–H groups in total. The number of hydrogen-bond donors (Lipinski definition) is 1. The van der Waals surface area contributed by atoms with E-state index >= 15 is 0 Å². The van der Waals surface area contributed by atoms with Gasteiger partial charge >= 0.3 is 0 Å². The number of para-hydroxylation sites is 1. The molecule has 236 valence electrons. The van der Waals surface area contributed by atoms with E-state index in [4.69, 9.17) is 14.6 Å². The largest absolute Gasteiger partial charge is 0.445 e. The predicted octanol–water partition coefficient (Wildman–Crippen LogP) is 5.16. The number of alkyl halides is 1. The normalized spacial score (nSPS) is 16.5. The van der Waals surface area contributed by atoms with E-state index < -0.39 is 12.8 Å². The topological polar surface area (TPSA) is 98.6 Å². The van der Waals surface area contributed by atoms with Crippen LogP contribution >= 0.6 is 0 Å². The Morgan fingerprint density at radius 2 is 1.80 bits per heavy atom. The number of halogens is 1. The third kappa shape index (κ3) is 7.46. The maximum Gasteiger partial charge on any atom is 0.256 e. The Balaban J connectivity index is 1.46. The van der Waals surface area contributed by atoms with Crippen molar-refractivity contribution in [2.75, 3.05) is 46.8 Å². The number of ketones is 1. The van der Waals surface area contributed by atoms with Gasteiger partial charge in [0.15, 0.2) is 0 Å². The van der Waals surface area contributed by atoms with E-state index in [-0.39, 0.29) is 35.5 Å². The van der Waals surface area contributed by atoms with Crippen LogP contribution in [0.3, 0.4) is 0 Å². The Kier molecular flexibility index (Phi) is 10.7. The molecule has 0 bridgehead atoms. The van der Waals surface area contributed by atoms with Crippen molar-refractivity contribution in [3.63, 3.8) is 0 Å². The van der Waals surface area contributed by atoms with Crippen LogP contribution in [0, 0.1) is 12.8 Å². The lowest BCUT2D eigenvalue weighted by molar-refractivity contribution is -0.119. The third-order valence-corrected chi connectivity index (χ3v) is 8.35. The third-order valence-electron chi connectivity index (χ3n) is 8.35. The fourth-order valence-corrected chi connectivity index (χ4v) is 6.16. The minimum atomic E-state index is -1.11. The van der Waals surface area contributed by atoms with Crippen LogP contribution in [0.5, 0.6) is 5.88 Å². The van der Waals surface area contributed by atoms with Crippen molar-refractivity contribution in [3.8, 4) is 22.8 Å². The summed E-state index contributed by atoms with van der Waals surface area (Å²) in [7, 11) is 1.71. The molecule has 0 saturated carbocycles. The van der Waals surface area contributed by atoms with Gasteiger partial charge in [0.25, 0.3) is 5.91 Å². The molecule has 2 aromatic heterocycles. The number of rotatable bonds is 14. The van der Waals surface area contributed by atoms with Crippen LogP contribution in [-0.2, 0) is 16.0 Å². The van der Waals surface area contributed by atoms with E-state index in [1.54, 1.807) is 24.8 Å². The zero-order valence-corrected chi connectivity index (χ0v) is 26.0. The number of carbonyl (C=O) groups excluding carboxylic acids is 2. The summed E-state index contributed by atoms with van der Waals surface area (Å²) >= 11 is 0. The van der Waals surface area contributed by atoms with Crippen LogP contribution < -0.4 is 10.1 Å². The van der Waals surface area contributed by atoms with Crippen molar-refractivity contribution >= 4 is 11.7 Å². The Bertz CT molecular complexity index is 1590. The number of amides is 1. The maximum atomic E-state index is 13.9. The van der Waals surface area contributed by atoms with Crippen LogP contribution in [0.4, 0.5) is 4.39 Å². The van der Waals surface area contributed by atoms with Gasteiger partial charge in [-0.3, -0.25) is 9.59 Å². The van der Waals surface area contributed by atoms with Gasteiger partial charge in [-0.15, -0.1) is 0 Å². The number of likely N-dealkylation sites (tertiary alicyclic amines) is 1. The molecule has 2 aromatic carbocycles. The standard InChI is InChI=1S/C35H40FN5O4/c1-4-37-34(43)30-18-26(20-38-35(30)45-23-36)33-24(2)32(41(39-33)28-13-9-6-10-14-28)19-29(42)17-27-21-40(15-16-44-3)22-31(27)25-11-7-5-8-12-25/h5-14,18,20,27,31H,4,15-17,19,21-23H2,1-3H3,(H,37,43)/t27-,31+/m1/s1. The molecule has 2 atom stereocenters. The molecule has 10 heteroatoms. The Morgan fingerprint density at radius 3 is 2.49 bits per heavy atom. The van der Waals surface area contributed by atoms with E-state index in [1.165, 1.54) is 11.8 Å². The fraction of sp³-hybridized carbons (Fsp3) is 0.371. The maximum absolute atomic E-state index is 13.9. The van der Waals surface area contributed by atoms with Gasteiger partial charge in [0.1, 0.15) is 11.3 Å². The zero-order chi connectivity index (χ0) is 31.8. The second kappa shape index (κ2) is 15.0. The number of nitrogens with zero attached hydrogens (tertiary/aromatic N) is 4. The second-order valence-corrected chi connectivity index (χ2v) is 11.3. The monoisotopic (exact) mass is 613 g/mol. The van der Waals surface area contributed by atoms with Gasteiger partial charge < -0.3 is 19.7 Å². The first-order valence-electron chi connectivity index (χ1n) is 15.3. The van der Waals surface area contributed by atoms with Gasteiger partial charge in [-0.1, -0.05) is 48.5 Å². The molecule has 1 saturated heterocycles. The van der Waals surface area contributed by atoms with E-state index in [1.807, 2.05) is 43.3 Å². The molecule has 0 aliphatic carbocycles. The van der Waals surface area contributed by atoms with Crippen LogP contribution in [0.25, 0.3) is 16.9 Å². The summed E-state index contributed by atoms with van der Waals surface area (Å²) in [6, 6.07) is 21.7. The van der Waals surface area contributed by atoms with Crippen LogP contribution in [-0.4, -0.2) is 78.1 Å². The van der Waals surface area contributed by atoms with Gasteiger partial charge in [0, 0.05) is 63.8 Å². The molecular weight excluding hydrogens is 573 g/mol. The molecule has 1 aliphatic rings. The summed E-state index contributed by atoms with van der Waals surface area (Å²) < 4.78 is 25.2. The number of pyridine rings is 1. The Labute approximate surface area is 263 Å². The number of Topliss-reactive ketones (excluding diaryl/α,β-unsaturated/α-hetero) is 1. The quantitative estimate of drug-likeness (QED) is 0.210. The molecule has 4 aromatic rings. The molecule has 45 heavy (non-hydrogen) atoms. The van der Waals surface area contributed by atoms with Crippen LogP contribution in [0.1, 0.15) is 46.4 Å². The molecule has 1 amide bonds. The van der Waals surface area contributed by atoms with Gasteiger partial charge in [0.05, 0.1) is 23.7 Å².